The molecule has 1 aromatic rings. The van der Waals surface area contributed by atoms with Crippen LogP contribution >= 0.6 is 0 Å². The molecule has 14 heavy (non-hydrogen) atoms. The first-order chi connectivity index (χ1) is 6.52. The first-order valence-corrected chi connectivity index (χ1v) is 5.37. The van der Waals surface area contributed by atoms with Crippen LogP contribution in [0.3, 0.4) is 0 Å². The third-order valence-electron chi connectivity index (χ3n) is 1.45. The van der Waals surface area contributed by atoms with Gasteiger partial charge >= 0.3 is 0 Å². The molecule has 0 fully saturated rings. The number of benzene rings is 1. The fourth-order valence-electron chi connectivity index (χ4n) is 0.816. The minimum absolute atomic E-state index is 0.0567. The van der Waals surface area contributed by atoms with Gasteiger partial charge in [0.15, 0.2) is 5.78 Å². The van der Waals surface area contributed by atoms with Gasteiger partial charge in [-0.15, -0.1) is 0 Å². The first-order valence-electron chi connectivity index (χ1n) is 3.96. The van der Waals surface area contributed by atoms with Crippen molar-refractivity contribution in [3.05, 3.63) is 30.3 Å². The normalized spacial score (nSPS) is 11.2. The van der Waals surface area contributed by atoms with Crippen LogP contribution in [0.25, 0.3) is 0 Å². The van der Waals surface area contributed by atoms with E-state index in [1.807, 2.05) is 0 Å². The lowest BCUT2D eigenvalue weighted by Crippen LogP contribution is -2.11. The molecule has 0 aliphatic carbocycles. The van der Waals surface area contributed by atoms with Crippen LogP contribution in [0.5, 0.6) is 0 Å². The molecule has 5 heteroatoms. The van der Waals surface area contributed by atoms with Gasteiger partial charge in [0, 0.05) is 0 Å². The number of carbonyl (C=O) groups excluding carboxylic acids is 1. The lowest BCUT2D eigenvalue weighted by molar-refractivity contribution is -0.118. The molecule has 0 amide bonds. The molecule has 0 saturated heterocycles. The predicted molar refractivity (Wildman–Crippen MR) is 50.3 cm³/mol. The average Bonchev–Trinajstić information content (AvgIpc) is 2.16. The Labute approximate surface area is 82.6 Å². The molecule has 0 heterocycles. The summed E-state index contributed by atoms with van der Waals surface area (Å²) in [6, 6.07) is 7.70. The summed E-state index contributed by atoms with van der Waals surface area (Å²) < 4.78 is 27.2. The van der Waals surface area contributed by atoms with Crippen LogP contribution in [-0.2, 0) is 19.1 Å². The van der Waals surface area contributed by atoms with Gasteiger partial charge in [-0.1, -0.05) is 18.2 Å². The van der Waals surface area contributed by atoms with Crippen molar-refractivity contribution in [2.75, 3.05) is 6.61 Å². The molecule has 0 aliphatic rings. The van der Waals surface area contributed by atoms with Gasteiger partial charge in [0.2, 0.25) is 0 Å². The van der Waals surface area contributed by atoms with Gasteiger partial charge in [-0.2, -0.15) is 8.42 Å². The number of hydrogen-bond donors (Lipinski definition) is 0. The molecule has 0 aliphatic heterocycles. The van der Waals surface area contributed by atoms with Crippen molar-refractivity contribution in [1.29, 1.82) is 0 Å². The number of hydrogen-bond acceptors (Lipinski definition) is 4. The quantitative estimate of drug-likeness (QED) is 0.701. The summed E-state index contributed by atoms with van der Waals surface area (Å²) in [6.45, 7) is 0.845. The topological polar surface area (TPSA) is 60.4 Å². The highest BCUT2D eigenvalue weighted by Gasteiger charge is 2.14. The van der Waals surface area contributed by atoms with Crippen LogP contribution in [0.2, 0.25) is 0 Å². The van der Waals surface area contributed by atoms with Gasteiger partial charge in [-0.05, 0) is 19.1 Å². The van der Waals surface area contributed by atoms with E-state index in [1.54, 1.807) is 18.2 Å². The van der Waals surface area contributed by atoms with E-state index < -0.39 is 16.7 Å². The molecule has 4 nitrogen and oxygen atoms in total. The fourth-order valence-corrected chi connectivity index (χ4v) is 1.76. The Kier molecular flexibility index (Phi) is 3.38. The van der Waals surface area contributed by atoms with Gasteiger partial charge in [0.05, 0.1) is 4.90 Å². The third-order valence-corrected chi connectivity index (χ3v) is 2.73. The Morgan fingerprint density at radius 3 is 2.36 bits per heavy atom. The maximum Gasteiger partial charge on any atom is 0.297 e. The Hall–Kier alpha value is -1.20. The predicted octanol–water partition coefficient (Wildman–Crippen LogP) is 0.981. The van der Waals surface area contributed by atoms with E-state index in [0.717, 1.165) is 0 Å². The highest BCUT2D eigenvalue weighted by atomic mass is 32.2. The number of ketones is 1. The van der Waals surface area contributed by atoms with Crippen LogP contribution in [0, 0.1) is 0 Å². The van der Waals surface area contributed by atoms with E-state index in [1.165, 1.54) is 19.1 Å². The zero-order valence-corrected chi connectivity index (χ0v) is 8.45. The highest BCUT2D eigenvalue weighted by molar-refractivity contribution is 7.86. The average molecular weight is 214 g/mol. The van der Waals surface area contributed by atoms with E-state index in [-0.39, 0.29) is 10.7 Å². The van der Waals surface area contributed by atoms with Crippen LogP contribution in [0.15, 0.2) is 35.2 Å². The summed E-state index contributed by atoms with van der Waals surface area (Å²) in [6.07, 6.45) is 0. The monoisotopic (exact) mass is 214 g/mol. The Morgan fingerprint density at radius 2 is 1.86 bits per heavy atom. The summed E-state index contributed by atoms with van der Waals surface area (Å²) in [7, 11) is -3.78. The van der Waals surface area contributed by atoms with Crippen molar-refractivity contribution in [1.82, 2.24) is 0 Å². The molecular formula is C9H10O4S. The second-order valence-corrected chi connectivity index (χ2v) is 4.35. The molecule has 0 N–H and O–H groups in total. The lowest BCUT2D eigenvalue weighted by Gasteiger charge is -2.02. The molecule has 0 radical (unpaired) electrons. The number of rotatable bonds is 4. The second kappa shape index (κ2) is 4.34. The minimum Gasteiger partial charge on any atom is -0.297 e. The maximum atomic E-state index is 11.4. The number of carbonyl (C=O) groups is 1. The van der Waals surface area contributed by atoms with Gasteiger partial charge in [-0.25, -0.2) is 0 Å². The maximum absolute atomic E-state index is 11.4. The largest absolute Gasteiger partial charge is 0.297 e. The minimum atomic E-state index is -3.78. The smallest absolute Gasteiger partial charge is 0.297 e. The lowest BCUT2D eigenvalue weighted by atomic mass is 10.4. The fraction of sp³-hybridized carbons (Fsp3) is 0.222. The van der Waals surface area contributed by atoms with E-state index in [4.69, 9.17) is 0 Å². The summed E-state index contributed by atoms with van der Waals surface area (Å²) in [5, 5.41) is 0. The van der Waals surface area contributed by atoms with Crippen molar-refractivity contribution in [2.45, 2.75) is 11.8 Å². The Bertz CT molecular complexity index is 408. The van der Waals surface area contributed by atoms with Crippen LogP contribution in [0.1, 0.15) is 6.92 Å². The van der Waals surface area contributed by atoms with Crippen molar-refractivity contribution in [3.63, 3.8) is 0 Å². The summed E-state index contributed by atoms with van der Waals surface area (Å²) in [5.41, 5.74) is 0. The van der Waals surface area contributed by atoms with Crippen LogP contribution < -0.4 is 0 Å². The second-order valence-electron chi connectivity index (χ2n) is 2.73. The van der Waals surface area contributed by atoms with Crippen LogP contribution in [0.4, 0.5) is 0 Å². The SMILES string of the molecule is CC(=O)COS(=O)(=O)c1ccccc1. The molecular weight excluding hydrogens is 204 g/mol. The van der Waals surface area contributed by atoms with E-state index in [0.29, 0.717) is 0 Å². The summed E-state index contributed by atoms with van der Waals surface area (Å²) >= 11 is 0. The standard InChI is InChI=1S/C9H10O4S/c1-8(10)7-13-14(11,12)9-5-3-2-4-6-9/h2-6H,7H2,1H3. The van der Waals surface area contributed by atoms with Crippen molar-refractivity contribution >= 4 is 15.9 Å². The zero-order valence-electron chi connectivity index (χ0n) is 7.64. The molecule has 0 atom stereocenters. The molecule has 1 rings (SSSR count). The van der Waals surface area contributed by atoms with Gasteiger partial charge < -0.3 is 0 Å². The highest BCUT2D eigenvalue weighted by Crippen LogP contribution is 2.10. The first kappa shape index (κ1) is 10.9. The van der Waals surface area contributed by atoms with Gasteiger partial charge in [0.25, 0.3) is 10.1 Å². The molecule has 0 saturated carbocycles. The van der Waals surface area contributed by atoms with Crippen molar-refractivity contribution in [3.8, 4) is 0 Å². The van der Waals surface area contributed by atoms with Crippen molar-refractivity contribution in [2.24, 2.45) is 0 Å². The number of Topliss-reactive ketones (excluding diaryl/α,β-unsaturated/α-hetero) is 1. The molecule has 1 aromatic carbocycles. The molecule has 0 unspecified atom stereocenters. The zero-order chi connectivity index (χ0) is 10.6. The van der Waals surface area contributed by atoms with Crippen molar-refractivity contribution < 1.29 is 17.4 Å². The molecule has 0 aromatic heterocycles. The molecule has 0 bridgehead atoms. The third kappa shape index (κ3) is 2.93. The Balaban J connectivity index is 2.82. The van der Waals surface area contributed by atoms with Crippen LogP contribution in [-0.4, -0.2) is 20.8 Å². The molecule has 0 spiro atoms. The van der Waals surface area contributed by atoms with E-state index in [2.05, 4.69) is 4.18 Å². The van der Waals surface area contributed by atoms with E-state index in [9.17, 15) is 13.2 Å². The van der Waals surface area contributed by atoms with Gasteiger partial charge in [0.1, 0.15) is 6.61 Å². The Morgan fingerprint density at radius 1 is 1.29 bits per heavy atom. The molecule has 76 valence electrons. The summed E-state index contributed by atoms with van der Waals surface area (Å²) in [5.74, 6) is -0.329. The summed E-state index contributed by atoms with van der Waals surface area (Å²) in [4.78, 5) is 10.6. The van der Waals surface area contributed by atoms with E-state index >= 15 is 0 Å². The van der Waals surface area contributed by atoms with Gasteiger partial charge in [-0.3, -0.25) is 8.98 Å².